The lowest BCUT2D eigenvalue weighted by atomic mass is 10.2. The Morgan fingerprint density at radius 3 is 2.86 bits per heavy atom. The number of furan rings is 1. The molecular formula is C15H18N4O3. The Bertz CT molecular complexity index is 699. The van der Waals surface area contributed by atoms with Gasteiger partial charge in [-0.2, -0.15) is 5.10 Å². The number of anilines is 1. The first-order chi connectivity index (χ1) is 10.5. The Morgan fingerprint density at radius 2 is 2.27 bits per heavy atom. The Labute approximate surface area is 127 Å². The SMILES string of the molecule is CCCc1nn(C)c(C(N)=O)c1NC(=O)/C=C/c1ccco1. The molecule has 7 nitrogen and oxygen atoms in total. The van der Waals surface area contributed by atoms with Crippen molar-refractivity contribution < 1.29 is 14.0 Å². The Kier molecular flexibility index (Phi) is 4.77. The van der Waals surface area contributed by atoms with Crippen LogP contribution in [0.15, 0.2) is 28.9 Å². The second kappa shape index (κ2) is 6.75. The summed E-state index contributed by atoms with van der Waals surface area (Å²) in [5.41, 5.74) is 6.56. The van der Waals surface area contributed by atoms with Crippen LogP contribution in [0.1, 0.15) is 35.3 Å². The van der Waals surface area contributed by atoms with Crippen LogP contribution in [0.3, 0.4) is 0 Å². The van der Waals surface area contributed by atoms with Crippen LogP contribution in [-0.2, 0) is 18.3 Å². The van der Waals surface area contributed by atoms with Gasteiger partial charge in [0.25, 0.3) is 5.91 Å². The van der Waals surface area contributed by atoms with E-state index in [9.17, 15) is 9.59 Å². The summed E-state index contributed by atoms with van der Waals surface area (Å²) in [4.78, 5) is 23.6. The molecule has 3 N–H and O–H groups in total. The predicted octanol–water partition coefficient (Wildman–Crippen LogP) is 1.72. The summed E-state index contributed by atoms with van der Waals surface area (Å²) in [7, 11) is 1.62. The van der Waals surface area contributed by atoms with E-state index in [2.05, 4.69) is 10.4 Å². The number of carbonyl (C=O) groups excluding carboxylic acids is 2. The maximum Gasteiger partial charge on any atom is 0.269 e. The largest absolute Gasteiger partial charge is 0.465 e. The lowest BCUT2D eigenvalue weighted by Gasteiger charge is -2.04. The molecule has 0 bridgehead atoms. The van der Waals surface area contributed by atoms with Crippen LogP contribution in [0, 0.1) is 0 Å². The third-order valence-corrected chi connectivity index (χ3v) is 3.03. The summed E-state index contributed by atoms with van der Waals surface area (Å²) < 4.78 is 6.49. The Balaban J connectivity index is 2.23. The zero-order valence-electron chi connectivity index (χ0n) is 12.5. The van der Waals surface area contributed by atoms with Gasteiger partial charge in [-0.25, -0.2) is 0 Å². The van der Waals surface area contributed by atoms with Gasteiger partial charge in [0.2, 0.25) is 5.91 Å². The number of hydrogen-bond acceptors (Lipinski definition) is 4. The van der Waals surface area contributed by atoms with Crippen LogP contribution in [-0.4, -0.2) is 21.6 Å². The predicted molar refractivity (Wildman–Crippen MR) is 82.1 cm³/mol. The molecule has 7 heteroatoms. The molecule has 0 saturated heterocycles. The van der Waals surface area contributed by atoms with E-state index >= 15 is 0 Å². The minimum absolute atomic E-state index is 0.184. The fraction of sp³-hybridized carbons (Fsp3) is 0.267. The van der Waals surface area contributed by atoms with Gasteiger partial charge < -0.3 is 15.5 Å². The highest BCUT2D eigenvalue weighted by Crippen LogP contribution is 2.21. The highest BCUT2D eigenvalue weighted by molar-refractivity contribution is 6.07. The first kappa shape index (κ1) is 15.6. The molecule has 2 rings (SSSR count). The molecule has 0 saturated carbocycles. The van der Waals surface area contributed by atoms with Gasteiger partial charge in [-0.3, -0.25) is 14.3 Å². The minimum atomic E-state index is -0.636. The molecule has 0 aromatic carbocycles. The minimum Gasteiger partial charge on any atom is -0.465 e. The fourth-order valence-electron chi connectivity index (χ4n) is 2.11. The number of nitrogens with zero attached hydrogens (tertiary/aromatic N) is 2. The number of rotatable bonds is 6. The molecule has 0 unspecified atom stereocenters. The number of nitrogens with one attached hydrogen (secondary N) is 1. The van der Waals surface area contributed by atoms with Crippen molar-refractivity contribution in [1.29, 1.82) is 0 Å². The van der Waals surface area contributed by atoms with Crippen LogP contribution in [0.25, 0.3) is 6.08 Å². The summed E-state index contributed by atoms with van der Waals surface area (Å²) in [5, 5.41) is 6.92. The van der Waals surface area contributed by atoms with Crippen LogP contribution in [0.5, 0.6) is 0 Å². The van der Waals surface area contributed by atoms with E-state index in [-0.39, 0.29) is 11.6 Å². The van der Waals surface area contributed by atoms with Crippen molar-refractivity contribution in [3.05, 3.63) is 41.6 Å². The van der Waals surface area contributed by atoms with E-state index in [1.807, 2.05) is 6.92 Å². The number of amides is 2. The maximum atomic E-state index is 12.0. The smallest absolute Gasteiger partial charge is 0.269 e. The second-order valence-electron chi connectivity index (χ2n) is 4.75. The van der Waals surface area contributed by atoms with E-state index in [1.54, 1.807) is 19.2 Å². The van der Waals surface area contributed by atoms with Crippen LogP contribution in [0.4, 0.5) is 5.69 Å². The number of aromatic nitrogens is 2. The molecule has 2 amide bonds. The molecule has 22 heavy (non-hydrogen) atoms. The average Bonchev–Trinajstić information content (AvgIpc) is 3.06. The number of primary amides is 1. The third-order valence-electron chi connectivity index (χ3n) is 3.03. The molecule has 0 atom stereocenters. The average molecular weight is 302 g/mol. The monoisotopic (exact) mass is 302 g/mol. The van der Waals surface area contributed by atoms with E-state index in [0.717, 1.165) is 6.42 Å². The molecule has 0 spiro atoms. The van der Waals surface area contributed by atoms with E-state index in [1.165, 1.54) is 23.1 Å². The van der Waals surface area contributed by atoms with E-state index in [0.29, 0.717) is 23.6 Å². The quantitative estimate of drug-likeness (QED) is 0.793. The van der Waals surface area contributed by atoms with Crippen molar-refractivity contribution in [2.24, 2.45) is 12.8 Å². The van der Waals surface area contributed by atoms with Gasteiger partial charge in [-0.05, 0) is 24.6 Å². The first-order valence-corrected chi connectivity index (χ1v) is 6.91. The van der Waals surface area contributed by atoms with Crippen molar-refractivity contribution in [3.63, 3.8) is 0 Å². The number of hydrogen-bond donors (Lipinski definition) is 2. The van der Waals surface area contributed by atoms with Gasteiger partial charge >= 0.3 is 0 Å². The molecule has 2 aromatic heterocycles. The molecule has 0 radical (unpaired) electrons. The summed E-state index contributed by atoms with van der Waals surface area (Å²) >= 11 is 0. The fourth-order valence-corrected chi connectivity index (χ4v) is 2.11. The molecule has 2 aromatic rings. The van der Waals surface area contributed by atoms with E-state index in [4.69, 9.17) is 10.2 Å². The van der Waals surface area contributed by atoms with Crippen molar-refractivity contribution in [2.45, 2.75) is 19.8 Å². The van der Waals surface area contributed by atoms with Crippen molar-refractivity contribution in [2.75, 3.05) is 5.32 Å². The van der Waals surface area contributed by atoms with Crippen molar-refractivity contribution in [3.8, 4) is 0 Å². The van der Waals surface area contributed by atoms with Crippen LogP contribution >= 0.6 is 0 Å². The van der Waals surface area contributed by atoms with Gasteiger partial charge in [0.15, 0.2) is 0 Å². The lowest BCUT2D eigenvalue weighted by molar-refractivity contribution is -0.111. The first-order valence-electron chi connectivity index (χ1n) is 6.91. The van der Waals surface area contributed by atoms with E-state index < -0.39 is 5.91 Å². The zero-order chi connectivity index (χ0) is 16.1. The third kappa shape index (κ3) is 3.43. The standard InChI is InChI=1S/C15H18N4O3/c1-3-5-11-13(14(15(16)21)19(2)18-11)17-12(20)8-7-10-6-4-9-22-10/h4,6-9H,3,5H2,1-2H3,(H2,16,21)(H,17,20)/b8-7+. The summed E-state index contributed by atoms with van der Waals surface area (Å²) in [6, 6.07) is 3.45. The molecular weight excluding hydrogens is 284 g/mol. The van der Waals surface area contributed by atoms with Crippen LogP contribution < -0.4 is 11.1 Å². The van der Waals surface area contributed by atoms with Gasteiger partial charge in [0, 0.05) is 13.1 Å². The number of carbonyl (C=O) groups is 2. The van der Waals surface area contributed by atoms with Crippen molar-refractivity contribution >= 4 is 23.6 Å². The Hall–Kier alpha value is -2.83. The molecule has 0 aliphatic rings. The topological polar surface area (TPSA) is 103 Å². The zero-order valence-corrected chi connectivity index (χ0v) is 12.5. The summed E-state index contributed by atoms with van der Waals surface area (Å²) in [5.74, 6) is -0.461. The molecule has 2 heterocycles. The number of nitrogens with two attached hydrogens (primary N) is 1. The summed E-state index contributed by atoms with van der Waals surface area (Å²) in [6.45, 7) is 1.99. The maximum absolute atomic E-state index is 12.0. The highest BCUT2D eigenvalue weighted by Gasteiger charge is 2.20. The Morgan fingerprint density at radius 1 is 1.50 bits per heavy atom. The van der Waals surface area contributed by atoms with Gasteiger partial charge in [0.1, 0.15) is 11.5 Å². The van der Waals surface area contributed by atoms with Gasteiger partial charge in [-0.1, -0.05) is 13.3 Å². The van der Waals surface area contributed by atoms with Gasteiger partial charge in [-0.15, -0.1) is 0 Å². The highest BCUT2D eigenvalue weighted by atomic mass is 16.3. The molecule has 0 aliphatic heterocycles. The summed E-state index contributed by atoms with van der Waals surface area (Å²) in [6.07, 6.45) is 5.85. The van der Waals surface area contributed by atoms with Crippen LogP contribution in [0.2, 0.25) is 0 Å². The molecule has 0 aliphatic carbocycles. The normalized spacial score (nSPS) is 11.0. The molecule has 116 valence electrons. The van der Waals surface area contributed by atoms with Gasteiger partial charge in [0.05, 0.1) is 17.6 Å². The molecule has 0 fully saturated rings. The number of aryl methyl sites for hydroxylation is 2. The lowest BCUT2D eigenvalue weighted by Crippen LogP contribution is -2.19. The second-order valence-corrected chi connectivity index (χ2v) is 4.75. The van der Waals surface area contributed by atoms with Crippen molar-refractivity contribution in [1.82, 2.24) is 9.78 Å².